The molecule has 0 fully saturated rings. The van der Waals surface area contributed by atoms with Crippen molar-refractivity contribution in [2.24, 2.45) is 0 Å². The minimum Gasteiger partial charge on any atom is -0.493 e. The average Bonchev–Trinajstić information content (AvgIpc) is 2.43. The molecule has 0 spiro atoms. The van der Waals surface area contributed by atoms with Crippen molar-refractivity contribution in [2.45, 2.75) is 13.8 Å². The van der Waals surface area contributed by atoms with Gasteiger partial charge in [0.15, 0.2) is 0 Å². The molecule has 3 N–H and O–H groups in total. The SMILES string of the molecule is CCOc1cccc(N)c1C(=O)Nc1c(C)cccc1F. The first-order valence-electron chi connectivity index (χ1n) is 6.62. The van der Waals surface area contributed by atoms with E-state index in [0.717, 1.165) is 0 Å². The Labute approximate surface area is 122 Å². The van der Waals surface area contributed by atoms with Crippen LogP contribution in [0.4, 0.5) is 15.8 Å². The smallest absolute Gasteiger partial charge is 0.261 e. The van der Waals surface area contributed by atoms with Crippen LogP contribution in [0.5, 0.6) is 5.75 Å². The molecular weight excluding hydrogens is 271 g/mol. The lowest BCUT2D eigenvalue weighted by atomic mass is 10.1. The number of anilines is 2. The van der Waals surface area contributed by atoms with Crippen LogP contribution < -0.4 is 15.8 Å². The Balaban J connectivity index is 2.37. The summed E-state index contributed by atoms with van der Waals surface area (Å²) in [6.07, 6.45) is 0. The molecule has 0 aliphatic heterocycles. The summed E-state index contributed by atoms with van der Waals surface area (Å²) in [7, 11) is 0. The molecule has 0 unspecified atom stereocenters. The zero-order chi connectivity index (χ0) is 15.4. The lowest BCUT2D eigenvalue weighted by Crippen LogP contribution is -2.17. The molecule has 0 atom stereocenters. The second-order valence-corrected chi connectivity index (χ2v) is 4.54. The molecule has 0 aromatic heterocycles. The molecule has 2 aromatic carbocycles. The molecule has 2 aromatic rings. The van der Waals surface area contributed by atoms with Gasteiger partial charge in [-0.15, -0.1) is 0 Å². The molecular formula is C16H17FN2O2. The Morgan fingerprint density at radius 1 is 1.29 bits per heavy atom. The lowest BCUT2D eigenvalue weighted by molar-refractivity contribution is 0.102. The van der Waals surface area contributed by atoms with E-state index in [0.29, 0.717) is 17.9 Å². The first-order valence-corrected chi connectivity index (χ1v) is 6.62. The molecule has 0 radical (unpaired) electrons. The number of aryl methyl sites for hydroxylation is 1. The summed E-state index contributed by atoms with van der Waals surface area (Å²) in [5.41, 5.74) is 7.12. The predicted molar refractivity (Wildman–Crippen MR) is 81.1 cm³/mol. The number of carbonyl (C=O) groups excluding carboxylic acids is 1. The van der Waals surface area contributed by atoms with Crippen molar-refractivity contribution in [1.29, 1.82) is 0 Å². The molecule has 0 heterocycles. The topological polar surface area (TPSA) is 64.3 Å². The maximum atomic E-state index is 13.8. The molecule has 2 rings (SSSR count). The van der Waals surface area contributed by atoms with Crippen molar-refractivity contribution < 1.29 is 13.9 Å². The van der Waals surface area contributed by atoms with Crippen LogP contribution in [0, 0.1) is 12.7 Å². The highest BCUT2D eigenvalue weighted by Crippen LogP contribution is 2.27. The van der Waals surface area contributed by atoms with Gasteiger partial charge in [0.25, 0.3) is 5.91 Å². The summed E-state index contributed by atoms with van der Waals surface area (Å²) in [5.74, 6) is -0.607. The van der Waals surface area contributed by atoms with Crippen LogP contribution in [-0.2, 0) is 0 Å². The Morgan fingerprint density at radius 2 is 2.00 bits per heavy atom. The van der Waals surface area contributed by atoms with Gasteiger partial charge < -0.3 is 15.8 Å². The van der Waals surface area contributed by atoms with Gasteiger partial charge in [0, 0.05) is 5.69 Å². The summed E-state index contributed by atoms with van der Waals surface area (Å²) in [6, 6.07) is 9.56. The van der Waals surface area contributed by atoms with Crippen LogP contribution in [0.1, 0.15) is 22.8 Å². The normalized spacial score (nSPS) is 10.2. The second-order valence-electron chi connectivity index (χ2n) is 4.54. The molecule has 0 aliphatic rings. The zero-order valence-electron chi connectivity index (χ0n) is 11.9. The number of nitrogens with two attached hydrogens (primary N) is 1. The average molecular weight is 288 g/mol. The van der Waals surface area contributed by atoms with E-state index in [4.69, 9.17) is 10.5 Å². The predicted octanol–water partition coefficient (Wildman–Crippen LogP) is 3.37. The summed E-state index contributed by atoms with van der Waals surface area (Å²) in [4.78, 5) is 12.4. The van der Waals surface area contributed by atoms with E-state index < -0.39 is 11.7 Å². The molecule has 21 heavy (non-hydrogen) atoms. The van der Waals surface area contributed by atoms with Gasteiger partial charge in [-0.3, -0.25) is 4.79 Å². The highest BCUT2D eigenvalue weighted by Gasteiger charge is 2.18. The molecule has 0 saturated carbocycles. The Hall–Kier alpha value is -2.56. The first-order chi connectivity index (χ1) is 10.0. The molecule has 5 heteroatoms. The van der Waals surface area contributed by atoms with Gasteiger partial charge >= 0.3 is 0 Å². The van der Waals surface area contributed by atoms with Gasteiger partial charge in [0.1, 0.15) is 17.1 Å². The highest BCUT2D eigenvalue weighted by atomic mass is 19.1. The number of nitrogens with one attached hydrogen (secondary N) is 1. The number of amides is 1. The summed E-state index contributed by atoms with van der Waals surface area (Å²) >= 11 is 0. The second kappa shape index (κ2) is 6.26. The fourth-order valence-electron chi connectivity index (χ4n) is 2.03. The van der Waals surface area contributed by atoms with Gasteiger partial charge in [0.05, 0.1) is 12.3 Å². The maximum absolute atomic E-state index is 13.8. The molecule has 0 aliphatic carbocycles. The van der Waals surface area contributed by atoms with Crippen molar-refractivity contribution in [3.05, 3.63) is 53.3 Å². The van der Waals surface area contributed by atoms with Crippen LogP contribution >= 0.6 is 0 Å². The van der Waals surface area contributed by atoms with Crippen LogP contribution in [0.15, 0.2) is 36.4 Å². The first kappa shape index (κ1) is 14.8. The molecule has 110 valence electrons. The maximum Gasteiger partial charge on any atom is 0.261 e. The fraction of sp³-hybridized carbons (Fsp3) is 0.188. The third kappa shape index (κ3) is 3.13. The van der Waals surface area contributed by atoms with Gasteiger partial charge in [-0.1, -0.05) is 18.2 Å². The monoisotopic (exact) mass is 288 g/mol. The largest absolute Gasteiger partial charge is 0.493 e. The highest BCUT2D eigenvalue weighted by molar-refractivity contribution is 6.10. The number of carbonyl (C=O) groups is 1. The molecule has 1 amide bonds. The number of rotatable bonds is 4. The van der Waals surface area contributed by atoms with Crippen molar-refractivity contribution in [2.75, 3.05) is 17.7 Å². The standard InChI is InChI=1S/C16H17FN2O2/c1-3-21-13-9-5-8-12(18)14(13)16(20)19-15-10(2)6-4-7-11(15)17/h4-9H,3,18H2,1-2H3,(H,19,20). The molecule has 0 bridgehead atoms. The van der Waals surface area contributed by atoms with Crippen molar-refractivity contribution >= 4 is 17.3 Å². The third-order valence-electron chi connectivity index (χ3n) is 3.05. The van der Waals surface area contributed by atoms with Gasteiger partial charge in [-0.05, 0) is 37.6 Å². The molecule has 0 saturated heterocycles. The van der Waals surface area contributed by atoms with Crippen LogP contribution in [0.25, 0.3) is 0 Å². The van der Waals surface area contributed by atoms with Crippen LogP contribution in [0.3, 0.4) is 0 Å². The fourth-order valence-corrected chi connectivity index (χ4v) is 2.03. The van der Waals surface area contributed by atoms with Gasteiger partial charge in [-0.25, -0.2) is 4.39 Å². The van der Waals surface area contributed by atoms with Crippen molar-refractivity contribution in [3.8, 4) is 5.75 Å². The van der Waals surface area contributed by atoms with E-state index in [1.807, 2.05) is 6.92 Å². The number of hydrogen-bond acceptors (Lipinski definition) is 3. The van der Waals surface area contributed by atoms with Gasteiger partial charge in [0.2, 0.25) is 0 Å². The summed E-state index contributed by atoms with van der Waals surface area (Å²) in [5, 5.41) is 2.56. The van der Waals surface area contributed by atoms with E-state index in [1.165, 1.54) is 6.07 Å². The number of benzene rings is 2. The summed E-state index contributed by atoms with van der Waals surface area (Å²) in [6.45, 7) is 3.94. The summed E-state index contributed by atoms with van der Waals surface area (Å²) < 4.78 is 19.2. The number of para-hydroxylation sites is 1. The van der Waals surface area contributed by atoms with Crippen LogP contribution in [0.2, 0.25) is 0 Å². The van der Waals surface area contributed by atoms with Crippen molar-refractivity contribution in [3.63, 3.8) is 0 Å². The minimum absolute atomic E-state index is 0.146. The van der Waals surface area contributed by atoms with E-state index >= 15 is 0 Å². The van der Waals surface area contributed by atoms with E-state index in [2.05, 4.69) is 5.32 Å². The third-order valence-corrected chi connectivity index (χ3v) is 3.05. The van der Waals surface area contributed by atoms with Crippen molar-refractivity contribution in [1.82, 2.24) is 0 Å². The molecule has 4 nitrogen and oxygen atoms in total. The number of halogens is 1. The number of ether oxygens (including phenoxy) is 1. The Morgan fingerprint density at radius 3 is 2.67 bits per heavy atom. The van der Waals surface area contributed by atoms with E-state index in [1.54, 1.807) is 37.3 Å². The number of nitrogen functional groups attached to an aromatic ring is 1. The Kier molecular flexibility index (Phi) is 4.42. The van der Waals surface area contributed by atoms with Gasteiger partial charge in [-0.2, -0.15) is 0 Å². The lowest BCUT2D eigenvalue weighted by Gasteiger charge is -2.14. The number of hydrogen-bond donors (Lipinski definition) is 2. The van der Waals surface area contributed by atoms with E-state index in [9.17, 15) is 9.18 Å². The quantitative estimate of drug-likeness (QED) is 0.848. The van der Waals surface area contributed by atoms with E-state index in [-0.39, 0.29) is 16.9 Å². The van der Waals surface area contributed by atoms with Crippen LogP contribution in [-0.4, -0.2) is 12.5 Å². The zero-order valence-corrected chi connectivity index (χ0v) is 11.9. The minimum atomic E-state index is -0.496. The Bertz CT molecular complexity index is 651.